The lowest BCUT2D eigenvalue weighted by Gasteiger charge is -2.15. The molecule has 5 nitrogen and oxygen atoms in total. The number of rotatable bonds is 6. The normalized spacial score (nSPS) is 12.4. The van der Waals surface area contributed by atoms with Crippen molar-refractivity contribution in [3.8, 4) is 0 Å². The number of carbonyl (C=O) groups is 1. The summed E-state index contributed by atoms with van der Waals surface area (Å²) in [6.07, 6.45) is 4.67. The van der Waals surface area contributed by atoms with Crippen LogP contribution >= 0.6 is 11.8 Å². The van der Waals surface area contributed by atoms with E-state index in [4.69, 9.17) is 0 Å². The largest absolute Gasteiger partial charge is 0.360 e. The van der Waals surface area contributed by atoms with Gasteiger partial charge in [0.25, 0.3) is 0 Å². The Hall–Kier alpha value is -3.38. The highest BCUT2D eigenvalue weighted by Gasteiger charge is 2.27. The van der Waals surface area contributed by atoms with E-state index in [2.05, 4.69) is 28.2 Å². The lowest BCUT2D eigenvalue weighted by atomic mass is 10.0. The molecule has 0 radical (unpaired) electrons. The maximum Gasteiger partial charge on any atom is 0.196 e. The van der Waals surface area contributed by atoms with Crippen molar-refractivity contribution < 1.29 is 4.79 Å². The minimum atomic E-state index is -0.428. The Balaban J connectivity index is 1.60. The maximum absolute atomic E-state index is 13.8. The number of para-hydroxylation sites is 1. The molecule has 3 heterocycles. The highest BCUT2D eigenvalue weighted by molar-refractivity contribution is 8.00. The quantitative estimate of drug-likeness (QED) is 0.296. The van der Waals surface area contributed by atoms with E-state index in [-0.39, 0.29) is 5.78 Å². The van der Waals surface area contributed by atoms with Crippen LogP contribution in [0.4, 0.5) is 0 Å². The van der Waals surface area contributed by atoms with Gasteiger partial charge in [0.15, 0.2) is 16.6 Å². The second kappa shape index (κ2) is 7.80. The number of benzene rings is 2. The fraction of sp³-hybridized carbons (Fsp3) is 0.125. The van der Waals surface area contributed by atoms with Gasteiger partial charge in [-0.15, -0.1) is 10.2 Å². The Morgan fingerprint density at radius 3 is 2.70 bits per heavy atom. The fourth-order valence-electron chi connectivity index (χ4n) is 3.76. The molecular formula is C24H20N4OS. The van der Waals surface area contributed by atoms with Gasteiger partial charge in [0, 0.05) is 28.9 Å². The number of aryl methyl sites for hydroxylation is 1. The monoisotopic (exact) mass is 412 g/mol. The number of nitrogens with one attached hydrogen (secondary N) is 1. The third kappa shape index (κ3) is 3.19. The molecule has 1 N–H and O–H groups in total. The van der Waals surface area contributed by atoms with E-state index in [1.807, 2.05) is 77.5 Å². The second-order valence-electron chi connectivity index (χ2n) is 7.08. The average molecular weight is 413 g/mol. The van der Waals surface area contributed by atoms with E-state index in [1.165, 1.54) is 17.3 Å². The molecule has 6 heteroatoms. The van der Waals surface area contributed by atoms with Gasteiger partial charge in [-0.3, -0.25) is 9.20 Å². The summed E-state index contributed by atoms with van der Waals surface area (Å²) in [5, 5.41) is 9.80. The first kappa shape index (κ1) is 18.6. The molecule has 148 valence electrons. The summed E-state index contributed by atoms with van der Waals surface area (Å²) in [7, 11) is 0. The van der Waals surface area contributed by atoms with Crippen molar-refractivity contribution in [2.24, 2.45) is 0 Å². The molecule has 3 aromatic heterocycles. The predicted molar refractivity (Wildman–Crippen MR) is 120 cm³/mol. The fourth-order valence-corrected chi connectivity index (χ4v) is 4.86. The standard InChI is InChI=1S/C24H20N4OS/c1-2-16-11-8-12-18-19(15-25-21(16)18)22(29)23(17-9-4-3-5-10-17)30-24-27-26-20-13-6-7-14-28(20)24/h3-15,23,25H,2H2,1H3. The van der Waals surface area contributed by atoms with Gasteiger partial charge >= 0.3 is 0 Å². The Morgan fingerprint density at radius 2 is 1.87 bits per heavy atom. The highest BCUT2D eigenvalue weighted by Crippen LogP contribution is 2.38. The van der Waals surface area contributed by atoms with Gasteiger partial charge in [-0.05, 0) is 29.7 Å². The smallest absolute Gasteiger partial charge is 0.196 e. The number of H-pyrrole nitrogens is 1. The van der Waals surface area contributed by atoms with E-state index in [0.29, 0.717) is 10.7 Å². The molecule has 1 atom stereocenters. The molecule has 0 amide bonds. The first-order valence-corrected chi connectivity index (χ1v) is 10.8. The number of hydrogen-bond donors (Lipinski definition) is 1. The van der Waals surface area contributed by atoms with Crippen molar-refractivity contribution in [2.45, 2.75) is 23.8 Å². The Morgan fingerprint density at radius 1 is 1.03 bits per heavy atom. The number of ketones is 1. The summed E-state index contributed by atoms with van der Waals surface area (Å²) in [5.41, 5.74) is 4.66. The van der Waals surface area contributed by atoms with Crippen molar-refractivity contribution in [1.82, 2.24) is 19.6 Å². The van der Waals surface area contributed by atoms with Crippen molar-refractivity contribution >= 4 is 34.1 Å². The molecule has 5 aromatic rings. The van der Waals surface area contributed by atoms with Crippen LogP contribution in [0.3, 0.4) is 0 Å². The molecule has 0 bridgehead atoms. The molecule has 5 rings (SSSR count). The zero-order chi connectivity index (χ0) is 20.5. The zero-order valence-corrected chi connectivity index (χ0v) is 17.3. The second-order valence-corrected chi connectivity index (χ2v) is 8.15. The summed E-state index contributed by atoms with van der Waals surface area (Å²) in [4.78, 5) is 17.1. The Kier molecular flexibility index (Phi) is 4.85. The topological polar surface area (TPSA) is 63.1 Å². The number of Topliss-reactive ketones (excluding diaryl/α,β-unsaturated/α-hetero) is 1. The minimum absolute atomic E-state index is 0.0541. The Bertz CT molecular complexity index is 1340. The van der Waals surface area contributed by atoms with Gasteiger partial charge in [0.1, 0.15) is 5.25 Å². The first-order chi connectivity index (χ1) is 14.8. The van der Waals surface area contributed by atoms with Crippen LogP contribution in [0.2, 0.25) is 0 Å². The van der Waals surface area contributed by atoms with E-state index < -0.39 is 5.25 Å². The Labute approximate surface area is 178 Å². The first-order valence-electron chi connectivity index (χ1n) is 9.91. The van der Waals surface area contributed by atoms with Crippen molar-refractivity contribution in [2.75, 3.05) is 0 Å². The number of nitrogens with zero attached hydrogens (tertiary/aromatic N) is 3. The van der Waals surface area contributed by atoms with Gasteiger partial charge < -0.3 is 4.98 Å². The van der Waals surface area contributed by atoms with Crippen LogP contribution in [0.15, 0.2) is 84.3 Å². The SMILES string of the molecule is CCc1cccc2c(C(=O)C(Sc3nnc4ccccn34)c3ccccc3)c[nH]c12. The van der Waals surface area contributed by atoms with Crippen LogP contribution in [0.5, 0.6) is 0 Å². The van der Waals surface area contributed by atoms with Crippen LogP contribution in [-0.2, 0) is 6.42 Å². The van der Waals surface area contributed by atoms with Gasteiger partial charge in [0.2, 0.25) is 0 Å². The molecule has 30 heavy (non-hydrogen) atoms. The molecule has 2 aromatic carbocycles. The number of hydrogen-bond acceptors (Lipinski definition) is 4. The molecule has 0 aliphatic carbocycles. The van der Waals surface area contributed by atoms with Gasteiger partial charge in [-0.1, -0.05) is 73.3 Å². The number of thioether (sulfide) groups is 1. The minimum Gasteiger partial charge on any atom is -0.360 e. The number of aromatic nitrogens is 4. The zero-order valence-electron chi connectivity index (χ0n) is 16.4. The molecule has 0 spiro atoms. The van der Waals surface area contributed by atoms with Crippen molar-refractivity contribution in [3.63, 3.8) is 0 Å². The number of fused-ring (bicyclic) bond motifs is 2. The maximum atomic E-state index is 13.8. The lowest BCUT2D eigenvalue weighted by Crippen LogP contribution is -2.10. The molecular weight excluding hydrogens is 392 g/mol. The van der Waals surface area contributed by atoms with Crippen LogP contribution in [0.1, 0.15) is 33.7 Å². The number of aromatic amines is 1. The number of carbonyl (C=O) groups excluding carboxylic acids is 1. The van der Waals surface area contributed by atoms with Crippen LogP contribution in [-0.4, -0.2) is 25.4 Å². The molecule has 0 saturated carbocycles. The molecule has 0 fully saturated rings. The van der Waals surface area contributed by atoms with Crippen molar-refractivity contribution in [3.05, 3.63) is 95.8 Å². The van der Waals surface area contributed by atoms with Crippen LogP contribution in [0, 0.1) is 0 Å². The lowest BCUT2D eigenvalue weighted by molar-refractivity contribution is 0.0991. The summed E-state index contributed by atoms with van der Waals surface area (Å²) >= 11 is 1.43. The van der Waals surface area contributed by atoms with E-state index in [9.17, 15) is 4.79 Å². The third-order valence-corrected chi connectivity index (χ3v) is 6.51. The van der Waals surface area contributed by atoms with E-state index in [0.717, 1.165) is 28.5 Å². The highest BCUT2D eigenvalue weighted by atomic mass is 32.2. The average Bonchev–Trinajstić information content (AvgIpc) is 3.42. The van der Waals surface area contributed by atoms with E-state index >= 15 is 0 Å². The van der Waals surface area contributed by atoms with Gasteiger partial charge in [0.05, 0.1) is 0 Å². The van der Waals surface area contributed by atoms with Crippen molar-refractivity contribution in [1.29, 1.82) is 0 Å². The van der Waals surface area contributed by atoms with Gasteiger partial charge in [-0.25, -0.2) is 0 Å². The molecule has 0 aliphatic heterocycles. The van der Waals surface area contributed by atoms with E-state index in [1.54, 1.807) is 0 Å². The molecule has 0 saturated heterocycles. The predicted octanol–water partition coefficient (Wildman–Crippen LogP) is 5.49. The van der Waals surface area contributed by atoms with Crippen LogP contribution < -0.4 is 0 Å². The molecule has 0 aliphatic rings. The van der Waals surface area contributed by atoms with Gasteiger partial charge in [-0.2, -0.15) is 0 Å². The van der Waals surface area contributed by atoms with Crippen LogP contribution in [0.25, 0.3) is 16.6 Å². The summed E-state index contributed by atoms with van der Waals surface area (Å²) in [6, 6.07) is 21.8. The summed E-state index contributed by atoms with van der Waals surface area (Å²) < 4.78 is 1.91. The molecule has 1 unspecified atom stereocenters. The number of pyridine rings is 1. The summed E-state index contributed by atoms with van der Waals surface area (Å²) in [6.45, 7) is 2.12. The third-order valence-electron chi connectivity index (χ3n) is 5.29. The summed E-state index contributed by atoms with van der Waals surface area (Å²) in [5.74, 6) is 0.0541.